The second-order valence-corrected chi connectivity index (χ2v) is 4.32. The van der Waals surface area contributed by atoms with E-state index in [-0.39, 0.29) is 5.89 Å². The first-order valence-corrected chi connectivity index (χ1v) is 6.02. The van der Waals surface area contributed by atoms with Crippen LogP contribution < -0.4 is 0 Å². The van der Waals surface area contributed by atoms with E-state index in [0.29, 0.717) is 17.9 Å². The van der Waals surface area contributed by atoms with Crippen molar-refractivity contribution < 1.29 is 19.1 Å². The maximum atomic E-state index is 10.3. The van der Waals surface area contributed by atoms with E-state index in [1.165, 1.54) is 6.08 Å². The number of hydrogen-bond donors (Lipinski definition) is 1. The van der Waals surface area contributed by atoms with Crippen LogP contribution in [0.1, 0.15) is 31.5 Å². The maximum absolute atomic E-state index is 10.3. The van der Waals surface area contributed by atoms with Gasteiger partial charge in [-0.15, -0.1) is 10.2 Å². The van der Waals surface area contributed by atoms with Crippen molar-refractivity contribution in [1.29, 1.82) is 0 Å². The number of rotatable bonds is 6. The standard InChI is InChI=1S/C12H16N2O4/c1-2-17-9-5-8(6-9)7-11-14-13-10(18-11)3-4-12(15)16/h3-4,8-9H,2,5-7H2,1H3,(H,15,16)/b4-3+. The molecule has 0 amide bonds. The Kier molecular flexibility index (Phi) is 4.09. The quantitative estimate of drug-likeness (QED) is 0.773. The summed E-state index contributed by atoms with van der Waals surface area (Å²) in [6.07, 6.45) is 5.42. The summed E-state index contributed by atoms with van der Waals surface area (Å²) < 4.78 is 10.8. The highest BCUT2D eigenvalue weighted by Gasteiger charge is 2.30. The van der Waals surface area contributed by atoms with Crippen LogP contribution in [0.5, 0.6) is 0 Å². The molecule has 2 rings (SSSR count). The van der Waals surface area contributed by atoms with E-state index in [9.17, 15) is 4.79 Å². The van der Waals surface area contributed by atoms with E-state index in [0.717, 1.165) is 31.9 Å². The summed E-state index contributed by atoms with van der Waals surface area (Å²) in [6.45, 7) is 2.74. The molecular formula is C12H16N2O4. The average Bonchev–Trinajstić information content (AvgIpc) is 2.71. The summed E-state index contributed by atoms with van der Waals surface area (Å²) >= 11 is 0. The molecule has 0 aromatic carbocycles. The van der Waals surface area contributed by atoms with Gasteiger partial charge in [-0.05, 0) is 25.7 Å². The molecule has 98 valence electrons. The lowest BCUT2D eigenvalue weighted by Gasteiger charge is -2.33. The van der Waals surface area contributed by atoms with Crippen molar-refractivity contribution in [3.63, 3.8) is 0 Å². The zero-order valence-electron chi connectivity index (χ0n) is 10.2. The highest BCUT2D eigenvalue weighted by atomic mass is 16.5. The minimum Gasteiger partial charge on any atom is -0.478 e. The molecule has 0 unspecified atom stereocenters. The summed E-state index contributed by atoms with van der Waals surface area (Å²) in [6, 6.07) is 0. The third kappa shape index (κ3) is 3.40. The Morgan fingerprint density at radius 1 is 1.56 bits per heavy atom. The van der Waals surface area contributed by atoms with Crippen molar-refractivity contribution in [2.75, 3.05) is 6.61 Å². The van der Waals surface area contributed by atoms with Crippen LogP contribution in [0.15, 0.2) is 10.5 Å². The summed E-state index contributed by atoms with van der Waals surface area (Å²) in [5, 5.41) is 16.1. The number of aliphatic carboxylic acids is 1. The Hall–Kier alpha value is -1.69. The molecule has 1 fully saturated rings. The Labute approximate surface area is 105 Å². The van der Waals surface area contributed by atoms with Crippen LogP contribution >= 0.6 is 0 Å². The van der Waals surface area contributed by atoms with Crippen LogP contribution in [-0.4, -0.2) is 34.0 Å². The van der Waals surface area contributed by atoms with Crippen LogP contribution in [0.2, 0.25) is 0 Å². The van der Waals surface area contributed by atoms with E-state index in [1.807, 2.05) is 6.92 Å². The van der Waals surface area contributed by atoms with E-state index >= 15 is 0 Å². The number of carboxylic acids is 1. The molecule has 1 aromatic rings. The molecule has 1 N–H and O–H groups in total. The van der Waals surface area contributed by atoms with Crippen LogP contribution in [0.4, 0.5) is 0 Å². The molecule has 6 nitrogen and oxygen atoms in total. The molecule has 1 aromatic heterocycles. The number of ether oxygens (including phenoxy) is 1. The van der Waals surface area contributed by atoms with Gasteiger partial charge in [0.05, 0.1) is 6.10 Å². The molecule has 0 atom stereocenters. The Morgan fingerprint density at radius 2 is 2.33 bits per heavy atom. The van der Waals surface area contributed by atoms with Crippen molar-refractivity contribution in [3.8, 4) is 0 Å². The Morgan fingerprint density at radius 3 is 3.00 bits per heavy atom. The van der Waals surface area contributed by atoms with Gasteiger partial charge >= 0.3 is 5.97 Å². The molecule has 6 heteroatoms. The number of carbonyl (C=O) groups is 1. The van der Waals surface area contributed by atoms with Gasteiger partial charge in [0.2, 0.25) is 11.8 Å². The molecule has 0 radical (unpaired) electrons. The van der Waals surface area contributed by atoms with E-state index in [2.05, 4.69) is 10.2 Å². The zero-order chi connectivity index (χ0) is 13.0. The predicted molar refractivity (Wildman–Crippen MR) is 62.8 cm³/mol. The first kappa shape index (κ1) is 12.8. The van der Waals surface area contributed by atoms with Gasteiger partial charge < -0.3 is 14.3 Å². The van der Waals surface area contributed by atoms with Gasteiger partial charge in [-0.1, -0.05) is 0 Å². The second-order valence-electron chi connectivity index (χ2n) is 4.32. The lowest BCUT2D eigenvalue weighted by atomic mass is 9.80. The topological polar surface area (TPSA) is 85.5 Å². The third-order valence-corrected chi connectivity index (χ3v) is 2.91. The Balaban J connectivity index is 1.79. The lowest BCUT2D eigenvalue weighted by molar-refractivity contribution is -0.131. The number of nitrogens with zero attached hydrogens (tertiary/aromatic N) is 2. The van der Waals surface area contributed by atoms with Gasteiger partial charge in [0, 0.05) is 25.2 Å². The SMILES string of the molecule is CCOC1CC(Cc2nnc(/C=C/C(=O)O)o2)C1. The fourth-order valence-electron chi connectivity index (χ4n) is 2.02. The molecule has 1 aliphatic rings. The molecule has 0 aliphatic heterocycles. The van der Waals surface area contributed by atoms with Gasteiger partial charge in [-0.25, -0.2) is 4.79 Å². The molecule has 0 saturated heterocycles. The average molecular weight is 252 g/mol. The minimum atomic E-state index is -1.03. The smallest absolute Gasteiger partial charge is 0.328 e. The fourth-order valence-corrected chi connectivity index (χ4v) is 2.02. The van der Waals surface area contributed by atoms with Gasteiger partial charge in [-0.2, -0.15) is 0 Å². The minimum absolute atomic E-state index is 0.230. The van der Waals surface area contributed by atoms with Gasteiger partial charge in [0.25, 0.3) is 0 Å². The van der Waals surface area contributed by atoms with Crippen molar-refractivity contribution in [2.24, 2.45) is 5.92 Å². The van der Waals surface area contributed by atoms with Crippen LogP contribution in [0, 0.1) is 5.92 Å². The van der Waals surface area contributed by atoms with Crippen molar-refractivity contribution in [3.05, 3.63) is 17.9 Å². The summed E-state index contributed by atoms with van der Waals surface area (Å²) in [5.41, 5.74) is 0. The van der Waals surface area contributed by atoms with E-state index < -0.39 is 5.97 Å². The second kappa shape index (κ2) is 5.77. The van der Waals surface area contributed by atoms with Crippen LogP contribution in [0.25, 0.3) is 6.08 Å². The largest absolute Gasteiger partial charge is 0.478 e. The van der Waals surface area contributed by atoms with Crippen LogP contribution in [0.3, 0.4) is 0 Å². The molecular weight excluding hydrogens is 236 g/mol. The molecule has 0 bridgehead atoms. The van der Waals surface area contributed by atoms with Crippen molar-refractivity contribution >= 4 is 12.0 Å². The highest BCUT2D eigenvalue weighted by molar-refractivity contribution is 5.84. The fraction of sp³-hybridized carbons (Fsp3) is 0.583. The molecule has 18 heavy (non-hydrogen) atoms. The van der Waals surface area contributed by atoms with Gasteiger partial charge in [0.1, 0.15) is 0 Å². The van der Waals surface area contributed by atoms with Gasteiger partial charge in [-0.3, -0.25) is 0 Å². The predicted octanol–water partition coefficient (Wildman–Crippen LogP) is 1.53. The third-order valence-electron chi connectivity index (χ3n) is 2.91. The van der Waals surface area contributed by atoms with Crippen molar-refractivity contribution in [2.45, 2.75) is 32.3 Å². The molecule has 1 heterocycles. The normalized spacial score (nSPS) is 23.2. The number of carboxylic acid groups (broad SMARTS) is 1. The molecule has 1 aliphatic carbocycles. The summed E-state index contributed by atoms with van der Waals surface area (Å²) in [5.74, 6) is 0.277. The summed E-state index contributed by atoms with van der Waals surface area (Å²) in [7, 11) is 0. The monoisotopic (exact) mass is 252 g/mol. The lowest BCUT2D eigenvalue weighted by Crippen LogP contribution is -2.32. The first-order chi connectivity index (χ1) is 8.67. The maximum Gasteiger partial charge on any atom is 0.328 e. The van der Waals surface area contributed by atoms with E-state index in [1.54, 1.807) is 0 Å². The highest BCUT2D eigenvalue weighted by Crippen LogP contribution is 2.32. The summed E-state index contributed by atoms with van der Waals surface area (Å²) in [4.78, 5) is 10.3. The first-order valence-electron chi connectivity index (χ1n) is 6.02. The van der Waals surface area contributed by atoms with E-state index in [4.69, 9.17) is 14.3 Å². The molecule has 0 spiro atoms. The Bertz CT molecular complexity index is 435. The van der Waals surface area contributed by atoms with Crippen molar-refractivity contribution in [1.82, 2.24) is 10.2 Å². The zero-order valence-corrected chi connectivity index (χ0v) is 10.2. The van der Waals surface area contributed by atoms with Crippen LogP contribution in [-0.2, 0) is 16.0 Å². The number of aromatic nitrogens is 2. The van der Waals surface area contributed by atoms with Gasteiger partial charge in [0.15, 0.2) is 0 Å². The number of hydrogen-bond acceptors (Lipinski definition) is 5. The molecule has 1 saturated carbocycles.